The summed E-state index contributed by atoms with van der Waals surface area (Å²) in [6.07, 6.45) is 1.66. The van der Waals surface area contributed by atoms with Crippen LogP contribution in [0.25, 0.3) is 0 Å². The van der Waals surface area contributed by atoms with Crippen LogP contribution in [0.5, 0.6) is 0 Å². The topological polar surface area (TPSA) is 84.4 Å². The molecule has 2 amide bonds. The van der Waals surface area contributed by atoms with Crippen molar-refractivity contribution >= 4 is 34.0 Å². The molecule has 1 N–H and O–H groups in total. The van der Waals surface area contributed by atoms with Crippen molar-refractivity contribution in [1.82, 2.24) is 10.2 Å². The number of aromatic nitrogens is 2. The summed E-state index contributed by atoms with van der Waals surface area (Å²) >= 11 is 1.33. The average molecular weight is 388 g/mol. The molecule has 1 atom stereocenters. The van der Waals surface area contributed by atoms with Crippen LogP contribution in [-0.2, 0) is 20.7 Å². The fraction of sp³-hybridized carbons (Fsp3) is 0.474. The van der Waals surface area contributed by atoms with Gasteiger partial charge < -0.3 is 15.0 Å². The van der Waals surface area contributed by atoms with Crippen molar-refractivity contribution in [2.45, 2.75) is 39.0 Å². The van der Waals surface area contributed by atoms with E-state index < -0.39 is 0 Å². The van der Waals surface area contributed by atoms with Crippen molar-refractivity contribution in [1.29, 1.82) is 0 Å². The molecule has 1 saturated heterocycles. The van der Waals surface area contributed by atoms with E-state index in [2.05, 4.69) is 34.6 Å². The first kappa shape index (κ1) is 19.4. The van der Waals surface area contributed by atoms with Gasteiger partial charge in [0.15, 0.2) is 0 Å². The van der Waals surface area contributed by atoms with Gasteiger partial charge in [-0.3, -0.25) is 9.59 Å². The maximum Gasteiger partial charge on any atom is 0.228 e. The van der Waals surface area contributed by atoms with Crippen LogP contribution in [0.3, 0.4) is 0 Å². The molecule has 1 aromatic carbocycles. The summed E-state index contributed by atoms with van der Waals surface area (Å²) in [7, 11) is 0. The maximum atomic E-state index is 12.4. The van der Waals surface area contributed by atoms with Gasteiger partial charge in [0.05, 0.1) is 13.0 Å². The third-order valence-corrected chi connectivity index (χ3v) is 5.50. The van der Waals surface area contributed by atoms with E-state index in [9.17, 15) is 9.59 Å². The number of anilines is 2. The van der Waals surface area contributed by atoms with E-state index in [4.69, 9.17) is 4.74 Å². The minimum atomic E-state index is -0.147. The summed E-state index contributed by atoms with van der Waals surface area (Å²) in [5.41, 5.74) is 2.16. The van der Waals surface area contributed by atoms with Crippen LogP contribution >= 0.6 is 11.3 Å². The highest BCUT2D eigenvalue weighted by Crippen LogP contribution is 2.34. The molecule has 1 aliphatic heterocycles. The van der Waals surface area contributed by atoms with E-state index in [-0.39, 0.29) is 24.2 Å². The van der Waals surface area contributed by atoms with Crippen LogP contribution < -0.4 is 10.2 Å². The van der Waals surface area contributed by atoms with Gasteiger partial charge in [-0.05, 0) is 31.0 Å². The number of amides is 2. The first-order chi connectivity index (χ1) is 13.1. The van der Waals surface area contributed by atoms with Gasteiger partial charge in [-0.25, -0.2) is 0 Å². The summed E-state index contributed by atoms with van der Waals surface area (Å²) in [5, 5.41) is 12.2. The van der Waals surface area contributed by atoms with Gasteiger partial charge in [-0.2, -0.15) is 0 Å². The molecule has 0 saturated carbocycles. The van der Waals surface area contributed by atoms with Crippen LogP contribution in [0.15, 0.2) is 24.3 Å². The van der Waals surface area contributed by atoms with Gasteiger partial charge in [0.1, 0.15) is 5.01 Å². The average Bonchev–Trinajstić information content (AvgIpc) is 3.28. The van der Waals surface area contributed by atoms with Crippen LogP contribution in [0, 0.1) is 0 Å². The number of carbonyl (C=O) groups excluding carboxylic acids is 2. The highest BCUT2D eigenvalue weighted by molar-refractivity contribution is 7.15. The summed E-state index contributed by atoms with van der Waals surface area (Å²) in [6, 6.07) is 8.08. The van der Waals surface area contributed by atoms with Crippen LogP contribution in [-0.4, -0.2) is 41.8 Å². The van der Waals surface area contributed by atoms with Crippen LogP contribution in [0.4, 0.5) is 10.8 Å². The van der Waals surface area contributed by atoms with Gasteiger partial charge in [-0.15, -0.1) is 10.2 Å². The molecule has 0 aliphatic carbocycles. The van der Waals surface area contributed by atoms with Crippen molar-refractivity contribution in [3.8, 4) is 0 Å². The number of ether oxygens (including phenoxy) is 1. The fourth-order valence-corrected chi connectivity index (χ4v) is 3.83. The highest BCUT2D eigenvalue weighted by atomic mass is 32.1. The number of hydrogen-bond acceptors (Lipinski definition) is 6. The van der Waals surface area contributed by atoms with Gasteiger partial charge >= 0.3 is 0 Å². The molecule has 1 aliphatic rings. The Morgan fingerprint density at radius 2 is 2.07 bits per heavy atom. The standard InChI is InChI=1S/C19H24N4O3S/c1-3-13-5-7-15(8-6-13)23-12-14(11-17(23)25)18-21-22-19(27-18)20-16(24)9-10-26-4-2/h5-8,14H,3-4,9-12H2,1-2H3,(H,20,22,24)/t14-/m1/s1. The number of rotatable bonds is 8. The first-order valence-corrected chi connectivity index (χ1v) is 10.0. The number of nitrogens with one attached hydrogen (secondary N) is 1. The summed E-state index contributed by atoms with van der Waals surface area (Å²) in [4.78, 5) is 26.1. The Morgan fingerprint density at radius 3 is 2.78 bits per heavy atom. The van der Waals surface area contributed by atoms with Crippen molar-refractivity contribution < 1.29 is 14.3 Å². The molecule has 7 nitrogen and oxygen atoms in total. The minimum Gasteiger partial charge on any atom is -0.381 e. The number of aryl methyl sites for hydroxylation is 1. The molecule has 0 unspecified atom stereocenters. The normalized spacial score (nSPS) is 16.7. The zero-order valence-corrected chi connectivity index (χ0v) is 16.4. The quantitative estimate of drug-likeness (QED) is 0.703. The lowest BCUT2D eigenvalue weighted by molar-refractivity contribution is -0.118. The molecule has 144 valence electrons. The Bertz CT molecular complexity index is 791. The summed E-state index contributed by atoms with van der Waals surface area (Å²) in [5.74, 6) is -0.0667. The lowest BCUT2D eigenvalue weighted by Crippen LogP contribution is -2.24. The molecule has 1 fully saturated rings. The van der Waals surface area contributed by atoms with Crippen molar-refractivity contribution in [2.24, 2.45) is 0 Å². The monoisotopic (exact) mass is 388 g/mol. The predicted molar refractivity (Wildman–Crippen MR) is 105 cm³/mol. The first-order valence-electron chi connectivity index (χ1n) is 9.21. The highest BCUT2D eigenvalue weighted by Gasteiger charge is 2.33. The zero-order chi connectivity index (χ0) is 19.2. The van der Waals surface area contributed by atoms with Crippen molar-refractivity contribution in [2.75, 3.05) is 30.0 Å². The molecule has 27 heavy (non-hydrogen) atoms. The Labute approximate surface area is 162 Å². The number of hydrogen-bond donors (Lipinski definition) is 1. The van der Waals surface area contributed by atoms with Gasteiger partial charge in [-0.1, -0.05) is 30.4 Å². The lowest BCUT2D eigenvalue weighted by atomic mass is 10.1. The molecule has 3 rings (SSSR count). The van der Waals surface area contributed by atoms with Crippen molar-refractivity contribution in [3.63, 3.8) is 0 Å². The van der Waals surface area contributed by atoms with E-state index >= 15 is 0 Å². The second kappa shape index (κ2) is 9.05. The van der Waals surface area contributed by atoms with Crippen LogP contribution in [0.1, 0.15) is 43.2 Å². The SMILES string of the molecule is CCOCCC(=O)Nc1nnc([C@@H]2CC(=O)N(c3ccc(CC)cc3)C2)s1. The zero-order valence-electron chi connectivity index (χ0n) is 15.6. The van der Waals surface area contributed by atoms with Gasteiger partial charge in [0.25, 0.3) is 0 Å². The second-order valence-corrected chi connectivity index (χ2v) is 7.38. The van der Waals surface area contributed by atoms with Gasteiger partial charge in [0.2, 0.25) is 16.9 Å². The predicted octanol–water partition coefficient (Wildman–Crippen LogP) is 2.99. The Balaban J connectivity index is 1.60. The molecule has 0 spiro atoms. The number of benzene rings is 1. The summed E-state index contributed by atoms with van der Waals surface area (Å²) < 4.78 is 5.17. The molecule has 0 radical (unpaired) electrons. The fourth-order valence-electron chi connectivity index (χ4n) is 2.98. The molecule has 1 aromatic heterocycles. The third kappa shape index (κ3) is 4.90. The van der Waals surface area contributed by atoms with E-state index in [1.54, 1.807) is 4.90 Å². The lowest BCUT2D eigenvalue weighted by Gasteiger charge is -2.16. The Hall–Kier alpha value is -2.32. The molecule has 8 heteroatoms. The molecular weight excluding hydrogens is 364 g/mol. The second-order valence-electron chi connectivity index (χ2n) is 6.37. The molecule has 0 bridgehead atoms. The van der Waals surface area contributed by atoms with Crippen LogP contribution in [0.2, 0.25) is 0 Å². The molecule has 2 aromatic rings. The molecule has 2 heterocycles. The van der Waals surface area contributed by atoms with E-state index in [0.29, 0.717) is 31.3 Å². The van der Waals surface area contributed by atoms with E-state index in [1.807, 2.05) is 19.1 Å². The molecular formula is C19H24N4O3S. The number of nitrogens with zero attached hydrogens (tertiary/aromatic N) is 3. The van der Waals surface area contributed by atoms with E-state index in [0.717, 1.165) is 17.1 Å². The largest absolute Gasteiger partial charge is 0.381 e. The number of carbonyl (C=O) groups is 2. The Morgan fingerprint density at radius 1 is 1.30 bits per heavy atom. The van der Waals surface area contributed by atoms with E-state index in [1.165, 1.54) is 16.9 Å². The smallest absolute Gasteiger partial charge is 0.228 e. The van der Waals surface area contributed by atoms with Crippen molar-refractivity contribution in [3.05, 3.63) is 34.8 Å². The maximum absolute atomic E-state index is 12.4. The Kier molecular flexibility index (Phi) is 6.52. The summed E-state index contributed by atoms with van der Waals surface area (Å²) in [6.45, 7) is 5.55. The third-order valence-electron chi connectivity index (χ3n) is 4.50. The van der Waals surface area contributed by atoms with Gasteiger partial charge in [0, 0.05) is 31.2 Å². The minimum absolute atomic E-state index is 0.00470.